The maximum atomic E-state index is 13.3. The van der Waals surface area contributed by atoms with E-state index < -0.39 is 5.82 Å². The molecule has 4 nitrogen and oxygen atoms in total. The van der Waals surface area contributed by atoms with Gasteiger partial charge in [0.05, 0.1) is 6.10 Å². The van der Waals surface area contributed by atoms with Gasteiger partial charge in [-0.15, -0.1) is 0 Å². The van der Waals surface area contributed by atoms with Gasteiger partial charge in [-0.3, -0.25) is 0 Å². The number of hydrogen-bond donors (Lipinski definition) is 0. The molecule has 0 bridgehead atoms. The summed E-state index contributed by atoms with van der Waals surface area (Å²) >= 11 is 0. The van der Waals surface area contributed by atoms with Gasteiger partial charge in [0.25, 0.3) is 0 Å². The SMILES string of the molecule is [N-]=[N+]=Nc1ccc(OC2CC2)c(F)c1. The Labute approximate surface area is 79.9 Å². The number of benzene rings is 1. The number of halogens is 1. The molecule has 0 radical (unpaired) electrons. The molecule has 0 spiro atoms. The van der Waals surface area contributed by atoms with Crippen LogP contribution in [0.5, 0.6) is 5.75 Å². The molecular weight excluding hydrogens is 185 g/mol. The van der Waals surface area contributed by atoms with Gasteiger partial charge >= 0.3 is 0 Å². The second kappa shape index (κ2) is 3.55. The third kappa shape index (κ3) is 1.95. The molecule has 0 atom stereocenters. The van der Waals surface area contributed by atoms with Crippen molar-refractivity contribution in [2.45, 2.75) is 18.9 Å². The molecule has 1 aromatic carbocycles. The van der Waals surface area contributed by atoms with Gasteiger partial charge < -0.3 is 4.74 Å². The lowest BCUT2D eigenvalue weighted by atomic mass is 10.3. The highest BCUT2D eigenvalue weighted by Gasteiger charge is 2.24. The van der Waals surface area contributed by atoms with E-state index >= 15 is 0 Å². The average molecular weight is 193 g/mol. The number of nitrogens with zero attached hydrogens (tertiary/aromatic N) is 3. The van der Waals surface area contributed by atoms with Crippen LogP contribution in [0.2, 0.25) is 0 Å². The summed E-state index contributed by atoms with van der Waals surface area (Å²) in [5.41, 5.74) is 8.40. The number of ether oxygens (including phenoxy) is 1. The first-order valence-electron chi connectivity index (χ1n) is 4.31. The topological polar surface area (TPSA) is 58.0 Å². The second-order valence-corrected chi connectivity index (χ2v) is 3.12. The number of rotatable bonds is 3. The summed E-state index contributed by atoms with van der Waals surface area (Å²) in [5, 5.41) is 3.29. The molecule has 1 aromatic rings. The van der Waals surface area contributed by atoms with Crippen LogP contribution in [-0.4, -0.2) is 6.10 Å². The normalized spacial score (nSPS) is 14.6. The summed E-state index contributed by atoms with van der Waals surface area (Å²) in [6, 6.07) is 4.18. The van der Waals surface area contributed by atoms with Crippen LogP contribution in [0, 0.1) is 5.82 Å². The Morgan fingerprint density at radius 2 is 2.29 bits per heavy atom. The Morgan fingerprint density at radius 1 is 1.50 bits per heavy atom. The maximum absolute atomic E-state index is 13.3. The zero-order valence-corrected chi connectivity index (χ0v) is 7.35. The lowest BCUT2D eigenvalue weighted by Gasteiger charge is -2.05. The Balaban J connectivity index is 2.20. The molecule has 0 heterocycles. The van der Waals surface area contributed by atoms with Crippen molar-refractivity contribution in [1.29, 1.82) is 0 Å². The summed E-state index contributed by atoms with van der Waals surface area (Å²) in [6.45, 7) is 0. The first-order chi connectivity index (χ1) is 6.79. The zero-order valence-electron chi connectivity index (χ0n) is 7.35. The summed E-state index contributed by atoms with van der Waals surface area (Å²) < 4.78 is 18.5. The third-order valence-corrected chi connectivity index (χ3v) is 1.89. The van der Waals surface area contributed by atoms with Crippen LogP contribution in [-0.2, 0) is 0 Å². The van der Waals surface area contributed by atoms with Crippen LogP contribution in [0.3, 0.4) is 0 Å². The second-order valence-electron chi connectivity index (χ2n) is 3.12. The number of azide groups is 1. The first-order valence-corrected chi connectivity index (χ1v) is 4.31. The first kappa shape index (κ1) is 8.84. The molecule has 0 amide bonds. The summed E-state index contributed by atoms with van der Waals surface area (Å²) in [7, 11) is 0. The van der Waals surface area contributed by atoms with Crippen molar-refractivity contribution in [3.05, 3.63) is 34.5 Å². The predicted octanol–water partition coefficient (Wildman–Crippen LogP) is 3.31. The molecule has 0 aromatic heterocycles. The quantitative estimate of drug-likeness (QED) is 0.412. The van der Waals surface area contributed by atoms with Crippen LogP contribution in [0.15, 0.2) is 23.3 Å². The Hall–Kier alpha value is -1.74. The molecule has 0 N–H and O–H groups in total. The summed E-state index contributed by atoms with van der Waals surface area (Å²) in [4.78, 5) is 2.57. The lowest BCUT2D eigenvalue weighted by Crippen LogP contribution is -1.97. The Kier molecular flexibility index (Phi) is 2.24. The van der Waals surface area contributed by atoms with Crippen LogP contribution in [0.1, 0.15) is 12.8 Å². The van der Waals surface area contributed by atoms with Crippen LogP contribution in [0.4, 0.5) is 10.1 Å². The van der Waals surface area contributed by atoms with E-state index in [4.69, 9.17) is 10.3 Å². The minimum absolute atomic E-state index is 0.162. The van der Waals surface area contributed by atoms with Crippen molar-refractivity contribution in [2.24, 2.45) is 5.11 Å². The van der Waals surface area contributed by atoms with Crippen molar-refractivity contribution in [3.8, 4) is 5.75 Å². The minimum Gasteiger partial charge on any atom is -0.487 e. The van der Waals surface area contributed by atoms with Crippen molar-refractivity contribution < 1.29 is 9.13 Å². The fraction of sp³-hybridized carbons (Fsp3) is 0.333. The molecule has 0 aliphatic heterocycles. The predicted molar refractivity (Wildman–Crippen MR) is 48.9 cm³/mol. The zero-order chi connectivity index (χ0) is 9.97. The molecule has 1 aliphatic carbocycles. The van der Waals surface area contributed by atoms with Gasteiger partial charge in [-0.1, -0.05) is 5.11 Å². The molecule has 2 rings (SSSR count). The molecule has 1 saturated carbocycles. The highest BCUT2D eigenvalue weighted by atomic mass is 19.1. The van der Waals surface area contributed by atoms with Gasteiger partial charge in [0, 0.05) is 10.6 Å². The standard InChI is InChI=1S/C9H8FN3O/c10-8-5-6(12-13-11)1-4-9(8)14-7-2-3-7/h1,4-5,7H,2-3H2. The largest absolute Gasteiger partial charge is 0.487 e. The van der Waals surface area contributed by atoms with E-state index in [1.165, 1.54) is 12.1 Å². The van der Waals surface area contributed by atoms with Crippen molar-refractivity contribution in [2.75, 3.05) is 0 Å². The fourth-order valence-corrected chi connectivity index (χ4v) is 1.06. The van der Waals surface area contributed by atoms with E-state index in [-0.39, 0.29) is 17.5 Å². The summed E-state index contributed by atoms with van der Waals surface area (Å²) in [6.07, 6.45) is 2.13. The van der Waals surface area contributed by atoms with Crippen molar-refractivity contribution in [3.63, 3.8) is 0 Å². The van der Waals surface area contributed by atoms with Gasteiger partial charge in [-0.2, -0.15) is 0 Å². The Bertz CT molecular complexity index is 397. The molecular formula is C9H8FN3O. The maximum Gasteiger partial charge on any atom is 0.165 e. The average Bonchev–Trinajstić information content (AvgIpc) is 2.94. The molecule has 0 unspecified atom stereocenters. The molecule has 14 heavy (non-hydrogen) atoms. The number of hydrogen-bond acceptors (Lipinski definition) is 2. The monoisotopic (exact) mass is 193 g/mol. The van der Waals surface area contributed by atoms with E-state index in [1.807, 2.05) is 0 Å². The van der Waals surface area contributed by atoms with Crippen molar-refractivity contribution >= 4 is 5.69 Å². The van der Waals surface area contributed by atoms with Crippen molar-refractivity contribution in [1.82, 2.24) is 0 Å². The van der Waals surface area contributed by atoms with Crippen LogP contribution < -0.4 is 4.74 Å². The van der Waals surface area contributed by atoms with E-state index in [9.17, 15) is 4.39 Å². The van der Waals surface area contributed by atoms with Gasteiger partial charge in [0.1, 0.15) is 0 Å². The third-order valence-electron chi connectivity index (χ3n) is 1.89. The van der Waals surface area contributed by atoms with E-state index in [0.717, 1.165) is 18.9 Å². The minimum atomic E-state index is -0.484. The van der Waals surface area contributed by atoms with E-state index in [1.54, 1.807) is 0 Å². The molecule has 1 fully saturated rings. The molecule has 5 heteroatoms. The van der Waals surface area contributed by atoms with Gasteiger partial charge in [-0.05, 0) is 36.6 Å². The van der Waals surface area contributed by atoms with Gasteiger partial charge in [-0.25, -0.2) is 4.39 Å². The van der Waals surface area contributed by atoms with Gasteiger partial charge in [0.15, 0.2) is 11.6 Å². The lowest BCUT2D eigenvalue weighted by molar-refractivity contribution is 0.287. The molecule has 72 valence electrons. The van der Waals surface area contributed by atoms with Crippen LogP contribution >= 0.6 is 0 Å². The smallest absolute Gasteiger partial charge is 0.165 e. The van der Waals surface area contributed by atoms with Crippen LogP contribution in [0.25, 0.3) is 10.4 Å². The Morgan fingerprint density at radius 3 is 2.86 bits per heavy atom. The highest BCUT2D eigenvalue weighted by molar-refractivity contribution is 5.42. The van der Waals surface area contributed by atoms with E-state index in [0.29, 0.717) is 0 Å². The summed E-state index contributed by atoms with van der Waals surface area (Å²) in [5.74, 6) is -0.258. The molecule has 0 saturated heterocycles. The fourth-order valence-electron chi connectivity index (χ4n) is 1.06. The highest BCUT2D eigenvalue weighted by Crippen LogP contribution is 2.30. The molecule has 1 aliphatic rings. The van der Waals surface area contributed by atoms with E-state index in [2.05, 4.69) is 10.0 Å². The van der Waals surface area contributed by atoms with Gasteiger partial charge in [0.2, 0.25) is 0 Å².